The van der Waals surface area contributed by atoms with Crippen LogP contribution in [0.15, 0.2) is 24.4 Å². The summed E-state index contributed by atoms with van der Waals surface area (Å²) in [5, 5.41) is 11.9. The maximum atomic E-state index is 13.7. The molecule has 1 spiro atoms. The van der Waals surface area contributed by atoms with E-state index in [1.807, 2.05) is 22.8 Å². The van der Waals surface area contributed by atoms with E-state index in [0.29, 0.717) is 30.0 Å². The number of rotatable bonds is 8. The van der Waals surface area contributed by atoms with Crippen molar-refractivity contribution in [1.29, 1.82) is 0 Å². The van der Waals surface area contributed by atoms with Gasteiger partial charge in [0.15, 0.2) is 17.3 Å². The number of amides is 1. The number of aliphatic hydroxyl groups excluding tert-OH is 1. The van der Waals surface area contributed by atoms with Gasteiger partial charge in [-0.2, -0.15) is 0 Å². The van der Waals surface area contributed by atoms with Gasteiger partial charge in [0, 0.05) is 50.4 Å². The van der Waals surface area contributed by atoms with E-state index in [4.69, 9.17) is 5.11 Å². The van der Waals surface area contributed by atoms with Crippen LogP contribution in [0.25, 0.3) is 0 Å². The van der Waals surface area contributed by atoms with E-state index in [2.05, 4.69) is 20.0 Å². The Labute approximate surface area is 226 Å². The molecular formula is C26H34F2N6O4S. The number of carbonyl (C=O) groups excluding carboxylic acids is 1. The fourth-order valence-corrected chi connectivity index (χ4v) is 6.07. The molecule has 212 valence electrons. The first-order valence-electron chi connectivity index (χ1n) is 13.3. The molecule has 2 aliphatic heterocycles. The Kier molecular flexibility index (Phi) is 7.40. The molecule has 1 aromatic carbocycles. The van der Waals surface area contributed by atoms with E-state index >= 15 is 0 Å². The maximum absolute atomic E-state index is 13.7. The lowest BCUT2D eigenvalue weighted by Crippen LogP contribution is -2.39. The van der Waals surface area contributed by atoms with Crippen molar-refractivity contribution in [3.8, 4) is 0 Å². The second-order valence-corrected chi connectivity index (χ2v) is 12.8. The number of carbonyl (C=O) groups is 1. The van der Waals surface area contributed by atoms with Gasteiger partial charge < -0.3 is 20.2 Å². The van der Waals surface area contributed by atoms with Crippen LogP contribution in [-0.2, 0) is 10.0 Å². The molecule has 1 aromatic heterocycles. The van der Waals surface area contributed by atoms with E-state index in [-0.39, 0.29) is 37.4 Å². The third kappa shape index (κ3) is 6.57. The van der Waals surface area contributed by atoms with Gasteiger partial charge in [-0.25, -0.2) is 27.2 Å². The standard InChI is InChI=1S/C26H34F2N6O4S/c1-18-14-19(16-20(15-18)33-10-6-26(27,28)7-11-33)30-24(36)22-23(34-8-4-25(2-3-25)5-9-34)31-21(17-29-22)32-39(37,38)13-12-35/h14-17,35H,2-13H2,1H3,(H,30,36)(H,31,32). The summed E-state index contributed by atoms with van der Waals surface area (Å²) in [5.74, 6) is -3.38. The molecule has 0 unspecified atom stereocenters. The molecular weight excluding hydrogens is 530 g/mol. The first-order valence-corrected chi connectivity index (χ1v) is 14.9. The van der Waals surface area contributed by atoms with Crippen molar-refractivity contribution in [1.82, 2.24) is 9.97 Å². The van der Waals surface area contributed by atoms with Gasteiger partial charge in [-0.3, -0.25) is 9.52 Å². The highest BCUT2D eigenvalue weighted by Crippen LogP contribution is 2.54. The van der Waals surface area contributed by atoms with Crippen LogP contribution in [0.4, 0.5) is 31.8 Å². The molecule has 10 nitrogen and oxygen atoms in total. The molecule has 2 aromatic rings. The van der Waals surface area contributed by atoms with Crippen molar-refractivity contribution in [3.63, 3.8) is 0 Å². The van der Waals surface area contributed by atoms with Crippen LogP contribution in [0.3, 0.4) is 0 Å². The highest BCUT2D eigenvalue weighted by Gasteiger charge is 2.45. The average molecular weight is 565 g/mol. The molecule has 13 heteroatoms. The Balaban J connectivity index is 1.39. The highest BCUT2D eigenvalue weighted by atomic mass is 32.2. The number of hydrogen-bond acceptors (Lipinski definition) is 8. The summed E-state index contributed by atoms with van der Waals surface area (Å²) >= 11 is 0. The number of nitrogens with zero attached hydrogens (tertiary/aromatic N) is 4. The van der Waals surface area contributed by atoms with Crippen molar-refractivity contribution in [2.24, 2.45) is 5.41 Å². The molecule has 3 aliphatic rings. The summed E-state index contributed by atoms with van der Waals surface area (Å²) in [7, 11) is -3.82. The molecule has 1 amide bonds. The van der Waals surface area contributed by atoms with Gasteiger partial charge in [0.2, 0.25) is 10.0 Å². The van der Waals surface area contributed by atoms with Crippen molar-refractivity contribution >= 4 is 38.9 Å². The molecule has 2 saturated heterocycles. The summed E-state index contributed by atoms with van der Waals surface area (Å²) in [6.07, 6.45) is 5.09. The molecule has 0 radical (unpaired) electrons. The van der Waals surface area contributed by atoms with Crippen LogP contribution >= 0.6 is 0 Å². The number of piperidine rings is 2. The number of benzene rings is 1. The topological polar surface area (TPSA) is 128 Å². The molecule has 5 rings (SSSR count). The van der Waals surface area contributed by atoms with Gasteiger partial charge in [0.1, 0.15) is 0 Å². The lowest BCUT2D eigenvalue weighted by atomic mass is 9.93. The molecule has 39 heavy (non-hydrogen) atoms. The molecule has 3 fully saturated rings. The molecule has 3 heterocycles. The smallest absolute Gasteiger partial charge is 0.278 e. The van der Waals surface area contributed by atoms with Crippen LogP contribution in [0.1, 0.15) is 54.6 Å². The Morgan fingerprint density at radius 3 is 2.33 bits per heavy atom. The Hall–Kier alpha value is -3.06. The van der Waals surface area contributed by atoms with E-state index in [1.165, 1.54) is 19.0 Å². The fraction of sp³-hybridized carbons (Fsp3) is 0.577. The summed E-state index contributed by atoms with van der Waals surface area (Å²) in [6.45, 7) is 3.14. The molecule has 1 saturated carbocycles. The number of sulfonamides is 1. The normalized spacial score (nSPS) is 20.1. The van der Waals surface area contributed by atoms with E-state index < -0.39 is 34.2 Å². The third-order valence-electron chi connectivity index (χ3n) is 7.85. The number of nitrogens with one attached hydrogen (secondary N) is 2. The van der Waals surface area contributed by atoms with E-state index in [1.54, 1.807) is 12.1 Å². The summed E-state index contributed by atoms with van der Waals surface area (Å²) in [5.41, 5.74) is 2.57. The van der Waals surface area contributed by atoms with Crippen LogP contribution < -0.4 is 19.8 Å². The van der Waals surface area contributed by atoms with Crippen LogP contribution in [0, 0.1) is 12.3 Å². The quantitative estimate of drug-likeness (QED) is 0.445. The second-order valence-electron chi connectivity index (χ2n) is 10.9. The van der Waals surface area contributed by atoms with Gasteiger partial charge in [0.25, 0.3) is 11.8 Å². The first kappa shape index (κ1) is 27.5. The minimum absolute atomic E-state index is 0.0264. The van der Waals surface area contributed by atoms with Gasteiger partial charge in [-0.05, 0) is 61.8 Å². The Morgan fingerprint density at radius 2 is 1.69 bits per heavy atom. The van der Waals surface area contributed by atoms with Gasteiger partial charge in [0.05, 0.1) is 18.6 Å². The summed E-state index contributed by atoms with van der Waals surface area (Å²) in [6, 6.07) is 5.46. The van der Waals surface area contributed by atoms with Gasteiger partial charge in [-0.1, -0.05) is 0 Å². The highest BCUT2D eigenvalue weighted by molar-refractivity contribution is 7.92. The minimum atomic E-state index is -3.82. The van der Waals surface area contributed by atoms with Gasteiger partial charge >= 0.3 is 0 Å². The number of hydrogen-bond donors (Lipinski definition) is 3. The lowest BCUT2D eigenvalue weighted by Gasteiger charge is -2.34. The number of aryl methyl sites for hydroxylation is 1. The zero-order valence-electron chi connectivity index (χ0n) is 21.9. The molecule has 3 N–H and O–H groups in total. The van der Waals surface area contributed by atoms with E-state index in [9.17, 15) is 22.0 Å². The first-order chi connectivity index (χ1) is 18.5. The predicted octanol–water partition coefficient (Wildman–Crippen LogP) is 3.39. The number of alkyl halides is 2. The molecule has 1 aliphatic carbocycles. The molecule has 0 atom stereocenters. The Morgan fingerprint density at radius 1 is 1.03 bits per heavy atom. The van der Waals surface area contributed by atoms with Crippen molar-refractivity contribution in [2.75, 3.05) is 58.4 Å². The number of anilines is 4. The van der Waals surface area contributed by atoms with E-state index in [0.717, 1.165) is 24.1 Å². The Bertz CT molecular complexity index is 1330. The second kappa shape index (κ2) is 10.5. The summed E-state index contributed by atoms with van der Waals surface area (Å²) in [4.78, 5) is 26.1. The average Bonchev–Trinajstić information content (AvgIpc) is 3.62. The number of aliphatic hydroxyl groups is 1. The minimum Gasteiger partial charge on any atom is -0.395 e. The zero-order chi connectivity index (χ0) is 27.8. The fourth-order valence-electron chi connectivity index (χ4n) is 5.31. The summed E-state index contributed by atoms with van der Waals surface area (Å²) < 4.78 is 54.0. The number of aromatic nitrogens is 2. The van der Waals surface area contributed by atoms with Crippen molar-refractivity contribution < 1.29 is 27.1 Å². The molecule has 0 bridgehead atoms. The van der Waals surface area contributed by atoms with Crippen molar-refractivity contribution in [3.05, 3.63) is 35.7 Å². The third-order valence-corrected chi connectivity index (χ3v) is 9.09. The van der Waals surface area contributed by atoms with Crippen molar-refractivity contribution in [2.45, 2.75) is 51.4 Å². The monoisotopic (exact) mass is 564 g/mol. The van der Waals surface area contributed by atoms with Crippen LogP contribution in [0.2, 0.25) is 0 Å². The number of halogens is 2. The SMILES string of the molecule is Cc1cc(NC(=O)c2ncc(NS(=O)(=O)CCO)nc2N2CCC3(CC2)CC3)cc(N2CCC(F)(F)CC2)c1. The van der Waals surface area contributed by atoms with Crippen LogP contribution in [-0.4, -0.2) is 73.9 Å². The largest absolute Gasteiger partial charge is 0.395 e. The van der Waals surface area contributed by atoms with Gasteiger partial charge in [-0.15, -0.1) is 0 Å². The zero-order valence-corrected chi connectivity index (χ0v) is 22.7. The predicted molar refractivity (Wildman–Crippen MR) is 145 cm³/mol. The lowest BCUT2D eigenvalue weighted by molar-refractivity contribution is -0.0220. The maximum Gasteiger partial charge on any atom is 0.278 e. The van der Waals surface area contributed by atoms with Crippen LogP contribution in [0.5, 0.6) is 0 Å².